The van der Waals surface area contributed by atoms with E-state index >= 15 is 0 Å². The van der Waals surface area contributed by atoms with E-state index in [0.717, 1.165) is 88.3 Å². The molecule has 61 heavy (non-hydrogen) atoms. The Morgan fingerprint density at radius 1 is 0.377 bits per heavy atom. The van der Waals surface area contributed by atoms with Crippen molar-refractivity contribution in [1.29, 1.82) is 0 Å². The highest BCUT2D eigenvalue weighted by Crippen LogP contribution is 2.46. The molecule has 0 N–H and O–H groups in total. The third-order valence-corrected chi connectivity index (χ3v) is 12.3. The van der Waals surface area contributed by atoms with Gasteiger partial charge in [-0.25, -0.2) is 9.97 Å². The number of hydrogen-bond donors (Lipinski definition) is 0. The maximum Gasteiger partial charge on any atom is 0.235 e. The molecule has 0 unspecified atom stereocenters. The summed E-state index contributed by atoms with van der Waals surface area (Å²) in [6.45, 7) is 0. The summed E-state index contributed by atoms with van der Waals surface area (Å²) in [7, 11) is 0. The van der Waals surface area contributed by atoms with Crippen LogP contribution in [-0.4, -0.2) is 19.1 Å². The molecule has 0 saturated carbocycles. The number of aromatic nitrogens is 4. The number of nitrogens with zero attached hydrogens (tertiary/aromatic N) is 4. The normalized spacial score (nSPS) is 11.9. The molecule has 0 atom stereocenters. The summed E-state index contributed by atoms with van der Waals surface area (Å²) in [5.41, 5.74) is 14.6. The van der Waals surface area contributed by atoms with Gasteiger partial charge in [-0.2, -0.15) is 0 Å². The summed E-state index contributed by atoms with van der Waals surface area (Å²) in [5.74, 6) is 0.611. The molecule has 13 rings (SSSR count). The summed E-state index contributed by atoms with van der Waals surface area (Å²) in [6, 6.07) is 73.1. The van der Waals surface area contributed by atoms with Crippen LogP contribution in [0.1, 0.15) is 0 Å². The fraction of sp³-hybridized carbons (Fsp3) is 0. The molecule has 5 heteroatoms. The predicted octanol–water partition coefficient (Wildman–Crippen LogP) is 14.7. The quantitative estimate of drug-likeness (QED) is 0.175. The van der Waals surface area contributed by atoms with Gasteiger partial charge in [0.1, 0.15) is 11.2 Å². The minimum Gasteiger partial charge on any atom is -0.455 e. The Bertz CT molecular complexity index is 3860. The summed E-state index contributed by atoms with van der Waals surface area (Å²) in [5, 5.41) is 7.77. The van der Waals surface area contributed by atoms with Gasteiger partial charge in [-0.3, -0.25) is 4.57 Å². The van der Waals surface area contributed by atoms with Crippen LogP contribution < -0.4 is 0 Å². The van der Waals surface area contributed by atoms with E-state index in [1.54, 1.807) is 0 Å². The molecule has 13 aromatic rings. The van der Waals surface area contributed by atoms with E-state index in [0.29, 0.717) is 5.95 Å². The predicted molar refractivity (Wildman–Crippen MR) is 252 cm³/mol. The van der Waals surface area contributed by atoms with Gasteiger partial charge in [0.2, 0.25) is 5.95 Å². The molecular weight excluding hydrogens is 745 g/mol. The lowest BCUT2D eigenvalue weighted by Gasteiger charge is -2.14. The Balaban J connectivity index is 1.05. The monoisotopic (exact) mass is 778 g/mol. The fourth-order valence-electron chi connectivity index (χ4n) is 9.59. The van der Waals surface area contributed by atoms with Crippen molar-refractivity contribution in [2.75, 3.05) is 0 Å². The molecule has 0 bridgehead atoms. The van der Waals surface area contributed by atoms with Crippen LogP contribution >= 0.6 is 0 Å². The number of benzene rings is 9. The standard InChI is InChI=1S/C56H34N4O/c1-3-15-37(16-4-1)53-42-21-7-11-23-47(42)57-56(58-53)60-49-25-13-9-22-43(49)52-54(60)44(34-46-41-20-10-14-26-51(41)61-55(46)52)36-29-27-35(28-30-36)38-31-32-50-45(33-38)40-19-8-12-24-48(40)59(50)39-17-5-2-6-18-39/h1-34H. The molecule has 0 amide bonds. The van der Waals surface area contributed by atoms with Crippen LogP contribution in [0.3, 0.4) is 0 Å². The first-order valence-corrected chi connectivity index (χ1v) is 20.7. The minimum absolute atomic E-state index is 0.611. The zero-order chi connectivity index (χ0) is 40.0. The van der Waals surface area contributed by atoms with Crippen LogP contribution in [0.2, 0.25) is 0 Å². The van der Waals surface area contributed by atoms with Crippen LogP contribution in [0, 0.1) is 0 Å². The average molecular weight is 779 g/mol. The van der Waals surface area contributed by atoms with Gasteiger partial charge in [0.15, 0.2) is 0 Å². The highest BCUT2D eigenvalue weighted by molar-refractivity contribution is 6.27. The molecule has 0 spiro atoms. The maximum atomic E-state index is 6.79. The molecule has 0 aliphatic carbocycles. The number of fused-ring (bicyclic) bond motifs is 11. The summed E-state index contributed by atoms with van der Waals surface area (Å²) >= 11 is 0. The van der Waals surface area contributed by atoms with Crippen molar-refractivity contribution in [2.45, 2.75) is 0 Å². The van der Waals surface area contributed by atoms with E-state index in [4.69, 9.17) is 14.4 Å². The fourth-order valence-corrected chi connectivity index (χ4v) is 9.59. The van der Waals surface area contributed by atoms with Gasteiger partial charge < -0.3 is 8.98 Å². The highest BCUT2D eigenvalue weighted by atomic mass is 16.3. The summed E-state index contributed by atoms with van der Waals surface area (Å²) in [4.78, 5) is 10.7. The van der Waals surface area contributed by atoms with Crippen molar-refractivity contribution in [3.05, 3.63) is 206 Å². The molecule has 0 aliphatic heterocycles. The first-order chi connectivity index (χ1) is 30.3. The Labute approximate surface area is 350 Å². The number of rotatable bonds is 5. The van der Waals surface area contributed by atoms with Crippen LogP contribution in [-0.2, 0) is 0 Å². The molecule has 0 saturated heterocycles. The van der Waals surface area contributed by atoms with Gasteiger partial charge >= 0.3 is 0 Å². The average Bonchev–Trinajstić information content (AvgIpc) is 3.99. The van der Waals surface area contributed by atoms with Crippen molar-refractivity contribution < 1.29 is 4.42 Å². The minimum atomic E-state index is 0.611. The largest absolute Gasteiger partial charge is 0.455 e. The molecule has 9 aromatic carbocycles. The van der Waals surface area contributed by atoms with Crippen LogP contribution in [0.25, 0.3) is 122 Å². The Hall–Kier alpha value is -8.28. The first kappa shape index (κ1) is 33.7. The number of hydrogen-bond acceptors (Lipinski definition) is 3. The molecule has 0 fully saturated rings. The van der Waals surface area contributed by atoms with Crippen molar-refractivity contribution >= 4 is 76.5 Å². The van der Waals surface area contributed by atoms with Crippen molar-refractivity contribution in [2.24, 2.45) is 0 Å². The topological polar surface area (TPSA) is 48.8 Å². The zero-order valence-corrected chi connectivity index (χ0v) is 32.8. The van der Waals surface area contributed by atoms with Crippen molar-refractivity contribution in [3.8, 4) is 45.1 Å². The van der Waals surface area contributed by atoms with E-state index in [-0.39, 0.29) is 0 Å². The van der Waals surface area contributed by atoms with Gasteiger partial charge in [-0.15, -0.1) is 0 Å². The highest BCUT2D eigenvalue weighted by Gasteiger charge is 2.25. The first-order valence-electron chi connectivity index (χ1n) is 20.7. The van der Waals surface area contributed by atoms with Crippen LogP contribution in [0.15, 0.2) is 211 Å². The molecule has 4 heterocycles. The number of para-hydroxylation sites is 5. The lowest BCUT2D eigenvalue weighted by molar-refractivity contribution is 0.673. The van der Waals surface area contributed by atoms with Gasteiger partial charge in [0.25, 0.3) is 0 Å². The third-order valence-electron chi connectivity index (χ3n) is 12.3. The van der Waals surface area contributed by atoms with Gasteiger partial charge in [0.05, 0.1) is 38.7 Å². The summed E-state index contributed by atoms with van der Waals surface area (Å²) < 4.78 is 11.4. The van der Waals surface area contributed by atoms with E-state index in [9.17, 15) is 0 Å². The van der Waals surface area contributed by atoms with E-state index in [1.165, 1.54) is 27.4 Å². The molecule has 4 aromatic heterocycles. The van der Waals surface area contributed by atoms with E-state index in [2.05, 4.69) is 197 Å². The molecule has 0 aliphatic rings. The lowest BCUT2D eigenvalue weighted by atomic mass is 9.96. The molecular formula is C56H34N4O. The van der Waals surface area contributed by atoms with Crippen LogP contribution in [0.5, 0.6) is 0 Å². The Morgan fingerprint density at radius 2 is 0.984 bits per heavy atom. The Kier molecular flexibility index (Phi) is 7.24. The SMILES string of the molecule is c1ccc(-c2nc(-n3c4ccccc4c4c5oc6ccccc6c5cc(-c5ccc(-c6ccc7c(c6)c6ccccc6n7-c6ccccc6)cc5)c43)nc3ccccc23)cc1. The van der Waals surface area contributed by atoms with Gasteiger partial charge in [-0.05, 0) is 71.3 Å². The van der Waals surface area contributed by atoms with Crippen molar-refractivity contribution in [1.82, 2.24) is 19.1 Å². The third kappa shape index (κ3) is 5.08. The second kappa shape index (κ2) is 13.1. The van der Waals surface area contributed by atoms with Crippen LogP contribution in [0.4, 0.5) is 0 Å². The van der Waals surface area contributed by atoms with Crippen molar-refractivity contribution in [3.63, 3.8) is 0 Å². The molecule has 0 radical (unpaired) electrons. The maximum absolute atomic E-state index is 6.79. The summed E-state index contributed by atoms with van der Waals surface area (Å²) in [6.07, 6.45) is 0. The second-order valence-corrected chi connectivity index (χ2v) is 15.7. The van der Waals surface area contributed by atoms with E-state index < -0.39 is 0 Å². The number of furan rings is 1. The Morgan fingerprint density at radius 3 is 1.79 bits per heavy atom. The second-order valence-electron chi connectivity index (χ2n) is 15.7. The van der Waals surface area contributed by atoms with Gasteiger partial charge in [0, 0.05) is 49.1 Å². The molecule has 284 valence electrons. The zero-order valence-electron chi connectivity index (χ0n) is 32.8. The molecule has 5 nitrogen and oxygen atoms in total. The van der Waals surface area contributed by atoms with E-state index in [1.807, 2.05) is 18.2 Å². The lowest BCUT2D eigenvalue weighted by Crippen LogP contribution is -2.04. The smallest absolute Gasteiger partial charge is 0.235 e. The van der Waals surface area contributed by atoms with Gasteiger partial charge in [-0.1, -0.05) is 152 Å².